The van der Waals surface area contributed by atoms with Gasteiger partial charge in [-0.25, -0.2) is 5.43 Å². The Morgan fingerprint density at radius 3 is 1.93 bits per heavy atom. The Balaban J connectivity index is 1.64. The Morgan fingerprint density at radius 1 is 0.786 bits per heavy atom. The van der Waals surface area contributed by atoms with Crippen LogP contribution in [0.25, 0.3) is 0 Å². The summed E-state index contributed by atoms with van der Waals surface area (Å²) in [5.74, 6) is 0.786. The molecule has 140 valence electrons. The third-order valence-electron chi connectivity index (χ3n) is 4.14. The second kappa shape index (κ2) is 7.92. The number of carbonyl (C=O) groups excluding carboxylic acids is 1. The van der Waals surface area contributed by atoms with Gasteiger partial charge in [0.2, 0.25) is 6.79 Å². The maximum Gasteiger partial charge on any atom is 0.271 e. The van der Waals surface area contributed by atoms with Crippen molar-refractivity contribution in [1.82, 2.24) is 5.43 Å². The topological polar surface area (TPSA) is 59.9 Å². The van der Waals surface area contributed by atoms with E-state index in [0.717, 1.165) is 11.1 Å². The van der Waals surface area contributed by atoms with Crippen molar-refractivity contribution in [3.8, 4) is 11.5 Å². The van der Waals surface area contributed by atoms with Crippen molar-refractivity contribution in [2.45, 2.75) is 0 Å². The molecular formula is C21H14Cl2N2O3. The molecule has 1 aliphatic heterocycles. The van der Waals surface area contributed by atoms with Crippen molar-refractivity contribution in [2.75, 3.05) is 6.79 Å². The molecule has 0 spiro atoms. The van der Waals surface area contributed by atoms with E-state index < -0.39 is 0 Å². The van der Waals surface area contributed by atoms with Crippen molar-refractivity contribution in [3.05, 3.63) is 93.5 Å². The number of halogens is 2. The highest BCUT2D eigenvalue weighted by Gasteiger charge is 2.16. The lowest BCUT2D eigenvalue weighted by atomic mass is 10.0. The molecule has 0 saturated heterocycles. The van der Waals surface area contributed by atoms with Crippen molar-refractivity contribution < 1.29 is 14.3 Å². The Bertz CT molecular complexity index is 1000. The number of nitrogens with one attached hydrogen (secondary N) is 1. The minimum atomic E-state index is -0.362. The van der Waals surface area contributed by atoms with E-state index in [1.807, 2.05) is 24.3 Å². The molecule has 7 heteroatoms. The Labute approximate surface area is 171 Å². The smallest absolute Gasteiger partial charge is 0.271 e. The summed E-state index contributed by atoms with van der Waals surface area (Å²) in [6.45, 7) is 0.149. The van der Waals surface area contributed by atoms with Gasteiger partial charge in [0.15, 0.2) is 11.5 Å². The van der Waals surface area contributed by atoms with Crippen molar-refractivity contribution in [1.29, 1.82) is 0 Å². The van der Waals surface area contributed by atoms with Crippen molar-refractivity contribution in [2.24, 2.45) is 5.10 Å². The van der Waals surface area contributed by atoms with E-state index in [0.29, 0.717) is 32.8 Å². The SMILES string of the molecule is O=C(NN=C(c1ccc(Cl)cc1)c1ccc(Cl)cc1)c1ccc2c(c1)OCO2. The number of hydrazone groups is 1. The lowest BCUT2D eigenvalue weighted by molar-refractivity contribution is 0.0954. The van der Waals surface area contributed by atoms with E-state index in [1.54, 1.807) is 42.5 Å². The van der Waals surface area contributed by atoms with Crippen LogP contribution in [0, 0.1) is 0 Å². The number of ether oxygens (including phenoxy) is 2. The molecule has 0 aliphatic carbocycles. The summed E-state index contributed by atoms with van der Waals surface area (Å²) < 4.78 is 10.6. The summed E-state index contributed by atoms with van der Waals surface area (Å²) in [6, 6.07) is 19.4. The highest BCUT2D eigenvalue weighted by Crippen LogP contribution is 2.32. The van der Waals surface area contributed by atoms with E-state index >= 15 is 0 Å². The molecule has 5 nitrogen and oxygen atoms in total. The fraction of sp³-hybridized carbons (Fsp3) is 0.0476. The summed E-state index contributed by atoms with van der Waals surface area (Å²) in [4.78, 5) is 12.6. The van der Waals surface area contributed by atoms with Gasteiger partial charge in [0.25, 0.3) is 5.91 Å². The minimum absolute atomic E-state index is 0.149. The van der Waals surface area contributed by atoms with E-state index in [9.17, 15) is 4.79 Å². The van der Waals surface area contributed by atoms with Crippen LogP contribution in [0.15, 0.2) is 71.8 Å². The number of amides is 1. The first-order valence-electron chi connectivity index (χ1n) is 8.40. The number of hydrogen-bond acceptors (Lipinski definition) is 4. The van der Waals surface area contributed by atoms with Gasteiger partial charge in [-0.3, -0.25) is 4.79 Å². The molecule has 3 aromatic rings. The predicted molar refractivity (Wildman–Crippen MR) is 109 cm³/mol. The third-order valence-corrected chi connectivity index (χ3v) is 4.64. The molecule has 0 bridgehead atoms. The van der Waals surface area contributed by atoms with Gasteiger partial charge in [-0.15, -0.1) is 0 Å². The van der Waals surface area contributed by atoms with E-state index in [4.69, 9.17) is 32.7 Å². The normalized spacial score (nSPS) is 11.8. The van der Waals surface area contributed by atoms with Crippen LogP contribution in [0.1, 0.15) is 21.5 Å². The van der Waals surface area contributed by atoms with Crippen LogP contribution in [0.2, 0.25) is 10.0 Å². The van der Waals surface area contributed by atoms with Crippen LogP contribution in [-0.4, -0.2) is 18.4 Å². The van der Waals surface area contributed by atoms with Gasteiger partial charge >= 0.3 is 0 Å². The number of rotatable bonds is 4. The second-order valence-electron chi connectivity index (χ2n) is 5.98. The van der Waals surface area contributed by atoms with Crippen LogP contribution in [0.3, 0.4) is 0 Å². The Hall–Kier alpha value is -3.02. The first kappa shape index (κ1) is 18.3. The molecular weight excluding hydrogens is 399 g/mol. The number of hydrogen-bond donors (Lipinski definition) is 1. The number of benzene rings is 3. The van der Waals surface area contributed by atoms with Crippen LogP contribution >= 0.6 is 23.2 Å². The average molecular weight is 413 g/mol. The predicted octanol–water partition coefficient (Wildman–Crippen LogP) is 4.90. The van der Waals surface area contributed by atoms with Gasteiger partial charge in [-0.2, -0.15) is 5.10 Å². The van der Waals surface area contributed by atoms with Gasteiger partial charge in [0.05, 0.1) is 5.71 Å². The van der Waals surface area contributed by atoms with Gasteiger partial charge in [0, 0.05) is 26.7 Å². The molecule has 1 amide bonds. The van der Waals surface area contributed by atoms with Crippen LogP contribution in [0.4, 0.5) is 0 Å². The molecule has 1 heterocycles. The number of fused-ring (bicyclic) bond motifs is 1. The van der Waals surface area contributed by atoms with Gasteiger partial charge in [-0.05, 0) is 42.5 Å². The summed E-state index contributed by atoms with van der Waals surface area (Å²) >= 11 is 12.0. The largest absolute Gasteiger partial charge is 0.454 e. The molecule has 0 aromatic heterocycles. The Kier molecular flexibility index (Phi) is 5.19. The highest BCUT2D eigenvalue weighted by atomic mass is 35.5. The van der Waals surface area contributed by atoms with Crippen LogP contribution in [0.5, 0.6) is 11.5 Å². The Morgan fingerprint density at radius 2 is 1.32 bits per heavy atom. The zero-order valence-corrected chi connectivity index (χ0v) is 16.0. The fourth-order valence-corrected chi connectivity index (χ4v) is 2.97. The zero-order valence-electron chi connectivity index (χ0n) is 14.5. The minimum Gasteiger partial charge on any atom is -0.454 e. The third kappa shape index (κ3) is 3.96. The highest BCUT2D eigenvalue weighted by molar-refractivity contribution is 6.31. The molecule has 28 heavy (non-hydrogen) atoms. The molecule has 0 unspecified atom stereocenters. The summed E-state index contributed by atoms with van der Waals surface area (Å²) in [6.07, 6.45) is 0. The standard InChI is InChI=1S/C21H14Cl2N2O3/c22-16-6-1-13(2-7-16)20(14-3-8-17(23)9-4-14)24-25-21(26)15-5-10-18-19(11-15)28-12-27-18/h1-11H,12H2,(H,25,26). The average Bonchev–Trinajstić information content (AvgIpc) is 3.18. The fourth-order valence-electron chi connectivity index (χ4n) is 2.72. The summed E-state index contributed by atoms with van der Waals surface area (Å²) in [5.41, 5.74) is 5.21. The maximum atomic E-state index is 12.6. The van der Waals surface area contributed by atoms with Gasteiger partial charge in [-0.1, -0.05) is 47.5 Å². The number of nitrogens with zero attached hydrogens (tertiary/aromatic N) is 1. The van der Waals surface area contributed by atoms with E-state index in [-0.39, 0.29) is 12.7 Å². The summed E-state index contributed by atoms with van der Waals surface area (Å²) in [7, 11) is 0. The van der Waals surface area contributed by atoms with Crippen molar-refractivity contribution in [3.63, 3.8) is 0 Å². The molecule has 0 fully saturated rings. The van der Waals surface area contributed by atoms with Crippen molar-refractivity contribution >= 4 is 34.8 Å². The first-order valence-corrected chi connectivity index (χ1v) is 9.15. The monoisotopic (exact) mass is 412 g/mol. The molecule has 3 aromatic carbocycles. The first-order chi connectivity index (χ1) is 13.6. The molecule has 1 N–H and O–H groups in total. The van der Waals surface area contributed by atoms with Crippen LogP contribution < -0.4 is 14.9 Å². The molecule has 4 rings (SSSR count). The van der Waals surface area contributed by atoms with E-state index in [2.05, 4.69) is 10.5 Å². The lowest BCUT2D eigenvalue weighted by Gasteiger charge is -2.09. The van der Waals surface area contributed by atoms with Crippen LogP contribution in [-0.2, 0) is 0 Å². The zero-order chi connectivity index (χ0) is 19.5. The molecule has 0 saturated carbocycles. The van der Waals surface area contributed by atoms with Gasteiger partial charge < -0.3 is 9.47 Å². The summed E-state index contributed by atoms with van der Waals surface area (Å²) in [5, 5.41) is 5.58. The molecule has 1 aliphatic rings. The molecule has 0 radical (unpaired) electrons. The lowest BCUT2D eigenvalue weighted by Crippen LogP contribution is -2.20. The second-order valence-corrected chi connectivity index (χ2v) is 6.86. The van der Waals surface area contributed by atoms with Gasteiger partial charge in [0.1, 0.15) is 0 Å². The number of carbonyl (C=O) groups is 1. The quantitative estimate of drug-likeness (QED) is 0.489. The van der Waals surface area contributed by atoms with E-state index in [1.165, 1.54) is 0 Å². The maximum absolute atomic E-state index is 12.6. The molecule has 0 atom stereocenters.